The van der Waals surface area contributed by atoms with Crippen molar-refractivity contribution >= 4 is 17.0 Å². The lowest BCUT2D eigenvalue weighted by molar-refractivity contribution is -0.123. The Bertz CT molecular complexity index is 649. The molecule has 2 aromatic rings. The number of aromatic hydroxyl groups is 1. The van der Waals surface area contributed by atoms with Crippen molar-refractivity contribution in [2.75, 3.05) is 39.4 Å². The Balaban J connectivity index is 1.46. The highest BCUT2D eigenvalue weighted by atomic mass is 16.5. The van der Waals surface area contributed by atoms with E-state index in [-0.39, 0.29) is 11.7 Å². The van der Waals surface area contributed by atoms with Gasteiger partial charge in [0.15, 0.2) is 11.5 Å². The summed E-state index contributed by atoms with van der Waals surface area (Å²) in [6.07, 6.45) is 0.518. The predicted molar refractivity (Wildman–Crippen MR) is 79.6 cm³/mol. The lowest BCUT2D eigenvalue weighted by atomic mass is 10.3. The van der Waals surface area contributed by atoms with Gasteiger partial charge in [0.2, 0.25) is 5.91 Å². The molecule has 0 saturated carbocycles. The highest BCUT2D eigenvalue weighted by Crippen LogP contribution is 2.20. The number of oxazole rings is 1. The highest BCUT2D eigenvalue weighted by Gasteiger charge is 2.14. The van der Waals surface area contributed by atoms with Gasteiger partial charge in [0.1, 0.15) is 11.3 Å². The summed E-state index contributed by atoms with van der Waals surface area (Å²) in [6.45, 7) is 3.82. The van der Waals surface area contributed by atoms with Gasteiger partial charge in [-0.05, 0) is 12.1 Å². The molecular weight excluding hydrogens is 286 g/mol. The monoisotopic (exact) mass is 305 g/mol. The van der Waals surface area contributed by atoms with Crippen molar-refractivity contribution in [3.63, 3.8) is 0 Å². The first-order valence-corrected chi connectivity index (χ1v) is 7.36. The van der Waals surface area contributed by atoms with Crippen molar-refractivity contribution in [3.05, 3.63) is 24.1 Å². The summed E-state index contributed by atoms with van der Waals surface area (Å²) in [6, 6.07) is 4.80. The summed E-state index contributed by atoms with van der Waals surface area (Å²) in [7, 11) is 0. The molecule has 22 heavy (non-hydrogen) atoms. The lowest BCUT2D eigenvalue weighted by Gasteiger charge is -2.25. The molecule has 0 bridgehead atoms. The van der Waals surface area contributed by atoms with E-state index in [1.807, 2.05) is 0 Å². The van der Waals surface area contributed by atoms with Gasteiger partial charge in [0.05, 0.1) is 19.8 Å². The molecule has 3 rings (SSSR count). The van der Waals surface area contributed by atoms with E-state index in [2.05, 4.69) is 15.2 Å². The molecule has 1 amide bonds. The maximum Gasteiger partial charge on any atom is 0.234 e. The summed E-state index contributed by atoms with van der Waals surface area (Å²) < 4.78 is 10.8. The van der Waals surface area contributed by atoms with E-state index < -0.39 is 0 Å². The maximum atomic E-state index is 11.8. The smallest absolute Gasteiger partial charge is 0.234 e. The number of fused-ring (bicyclic) bond motifs is 1. The second-order valence-electron chi connectivity index (χ2n) is 5.25. The van der Waals surface area contributed by atoms with Crippen LogP contribution in [0.3, 0.4) is 0 Å². The molecule has 7 heteroatoms. The summed E-state index contributed by atoms with van der Waals surface area (Å²) in [5.41, 5.74) is 1.25. The normalized spacial score (nSPS) is 16.0. The van der Waals surface area contributed by atoms with E-state index >= 15 is 0 Å². The number of hydrogen-bond donors (Lipinski definition) is 2. The highest BCUT2D eigenvalue weighted by molar-refractivity contribution is 5.78. The largest absolute Gasteiger partial charge is 0.508 e. The van der Waals surface area contributed by atoms with Crippen LogP contribution in [0.25, 0.3) is 11.1 Å². The number of nitrogens with one attached hydrogen (secondary N) is 1. The van der Waals surface area contributed by atoms with Crippen LogP contribution in [0.2, 0.25) is 0 Å². The van der Waals surface area contributed by atoms with E-state index in [1.54, 1.807) is 12.1 Å². The number of hydrogen-bond acceptors (Lipinski definition) is 6. The van der Waals surface area contributed by atoms with Crippen LogP contribution in [-0.2, 0) is 16.0 Å². The summed E-state index contributed by atoms with van der Waals surface area (Å²) in [5, 5.41) is 12.2. The average molecular weight is 305 g/mol. The number of morpholine rings is 1. The molecule has 1 aromatic heterocycles. The third-order valence-electron chi connectivity index (χ3n) is 3.55. The van der Waals surface area contributed by atoms with Crippen LogP contribution >= 0.6 is 0 Å². The minimum atomic E-state index is -0.00402. The van der Waals surface area contributed by atoms with Gasteiger partial charge in [-0.25, -0.2) is 4.98 Å². The number of benzene rings is 1. The topological polar surface area (TPSA) is 87.8 Å². The molecule has 118 valence electrons. The number of ether oxygens (including phenoxy) is 1. The van der Waals surface area contributed by atoms with E-state index in [1.165, 1.54) is 6.07 Å². The molecule has 7 nitrogen and oxygen atoms in total. The number of aromatic nitrogens is 1. The van der Waals surface area contributed by atoms with Crippen LogP contribution in [0, 0.1) is 0 Å². The predicted octanol–water partition coefficient (Wildman–Crippen LogP) is 0.524. The maximum absolute atomic E-state index is 11.8. The number of carbonyl (C=O) groups excluding carboxylic acids is 1. The minimum absolute atomic E-state index is 0.00402. The van der Waals surface area contributed by atoms with Crippen molar-refractivity contribution < 1.29 is 19.1 Å². The average Bonchev–Trinajstić information content (AvgIpc) is 2.90. The van der Waals surface area contributed by atoms with Gasteiger partial charge >= 0.3 is 0 Å². The van der Waals surface area contributed by atoms with Crippen LogP contribution in [0.15, 0.2) is 22.6 Å². The molecule has 0 aliphatic carbocycles. The number of nitrogens with zero attached hydrogens (tertiary/aromatic N) is 2. The second-order valence-corrected chi connectivity index (χ2v) is 5.25. The molecule has 1 aromatic carbocycles. The Labute approximate surface area is 127 Å². The molecule has 0 unspecified atom stereocenters. The number of phenols is 1. The van der Waals surface area contributed by atoms with Gasteiger partial charge in [-0.2, -0.15) is 0 Å². The number of phenolic OH excluding ortho intramolecular Hbond substituents is 1. The van der Waals surface area contributed by atoms with Gasteiger partial charge in [-0.3, -0.25) is 9.69 Å². The van der Waals surface area contributed by atoms with Gasteiger partial charge in [-0.1, -0.05) is 0 Å². The second kappa shape index (κ2) is 6.76. The zero-order valence-corrected chi connectivity index (χ0v) is 12.2. The number of rotatable bonds is 5. The summed E-state index contributed by atoms with van der Waals surface area (Å²) >= 11 is 0. The zero-order valence-electron chi connectivity index (χ0n) is 12.2. The molecule has 1 aliphatic rings. The van der Waals surface area contributed by atoms with Crippen molar-refractivity contribution in [3.8, 4) is 5.75 Å². The minimum Gasteiger partial charge on any atom is -0.508 e. The Morgan fingerprint density at radius 3 is 3.00 bits per heavy atom. The van der Waals surface area contributed by atoms with Crippen molar-refractivity contribution in [1.82, 2.24) is 15.2 Å². The third kappa shape index (κ3) is 3.75. The van der Waals surface area contributed by atoms with E-state index in [9.17, 15) is 9.90 Å². The first kappa shape index (κ1) is 14.8. The van der Waals surface area contributed by atoms with E-state index in [0.717, 1.165) is 13.1 Å². The molecule has 1 saturated heterocycles. The first-order chi connectivity index (χ1) is 10.7. The van der Waals surface area contributed by atoms with Crippen LogP contribution in [0.4, 0.5) is 0 Å². The number of amides is 1. The molecule has 0 spiro atoms. The molecule has 0 radical (unpaired) electrons. The SMILES string of the molecule is O=C(CN1CCOCC1)NCCc1nc2ccc(O)cc2o1. The summed E-state index contributed by atoms with van der Waals surface area (Å²) in [5.74, 6) is 0.692. The Morgan fingerprint density at radius 2 is 2.18 bits per heavy atom. The van der Waals surface area contributed by atoms with E-state index in [4.69, 9.17) is 9.15 Å². The molecule has 1 fully saturated rings. The fourth-order valence-corrected chi connectivity index (χ4v) is 2.40. The van der Waals surface area contributed by atoms with Crippen molar-refractivity contribution in [2.24, 2.45) is 0 Å². The lowest BCUT2D eigenvalue weighted by Crippen LogP contribution is -2.43. The Morgan fingerprint density at radius 1 is 1.36 bits per heavy atom. The fraction of sp³-hybridized carbons (Fsp3) is 0.467. The van der Waals surface area contributed by atoms with Gasteiger partial charge in [0.25, 0.3) is 0 Å². The van der Waals surface area contributed by atoms with Crippen LogP contribution in [0.1, 0.15) is 5.89 Å². The molecule has 2 N–H and O–H groups in total. The summed E-state index contributed by atoms with van der Waals surface area (Å²) in [4.78, 5) is 18.2. The standard InChI is InChI=1S/C15H19N3O4/c19-11-1-2-12-13(9-11)22-15(17-12)3-4-16-14(20)10-18-5-7-21-8-6-18/h1-2,9,19H,3-8,10H2,(H,16,20). The third-order valence-corrected chi connectivity index (χ3v) is 3.55. The molecular formula is C15H19N3O4. The Hall–Kier alpha value is -2.12. The number of carbonyl (C=O) groups is 1. The molecule has 1 aliphatic heterocycles. The quantitative estimate of drug-likeness (QED) is 0.837. The fourth-order valence-electron chi connectivity index (χ4n) is 2.40. The van der Waals surface area contributed by atoms with Crippen LogP contribution in [0.5, 0.6) is 5.75 Å². The van der Waals surface area contributed by atoms with Crippen molar-refractivity contribution in [1.29, 1.82) is 0 Å². The van der Waals surface area contributed by atoms with Gasteiger partial charge < -0.3 is 19.6 Å². The molecule has 2 heterocycles. The van der Waals surface area contributed by atoms with Gasteiger partial charge in [-0.15, -0.1) is 0 Å². The van der Waals surface area contributed by atoms with Crippen LogP contribution in [-0.4, -0.2) is 60.3 Å². The zero-order chi connectivity index (χ0) is 15.4. The van der Waals surface area contributed by atoms with Crippen LogP contribution < -0.4 is 5.32 Å². The molecule has 0 atom stereocenters. The van der Waals surface area contributed by atoms with Gasteiger partial charge in [0, 0.05) is 32.1 Å². The van der Waals surface area contributed by atoms with Crippen molar-refractivity contribution in [2.45, 2.75) is 6.42 Å². The first-order valence-electron chi connectivity index (χ1n) is 7.36. The van der Waals surface area contributed by atoms with E-state index in [0.29, 0.717) is 49.7 Å². The Kier molecular flexibility index (Phi) is 4.55.